The first-order valence-electron chi connectivity index (χ1n) is 18.3. The molecule has 16 heteroatoms. The smallest absolute Gasteiger partial charge is 0.407 e. The molecule has 14 nitrogen and oxygen atoms in total. The number of nitrogens with one attached hydrogen (secondary N) is 3. The Balaban J connectivity index is 1.19. The summed E-state index contributed by atoms with van der Waals surface area (Å²) in [5.74, 6) is -1.86. The topological polar surface area (TPSA) is 176 Å². The van der Waals surface area contributed by atoms with Crippen molar-refractivity contribution in [3.8, 4) is 5.88 Å². The molecule has 4 fully saturated rings. The van der Waals surface area contributed by atoms with Crippen LogP contribution in [0.3, 0.4) is 0 Å². The maximum Gasteiger partial charge on any atom is 0.407 e. The highest BCUT2D eigenvalue weighted by Crippen LogP contribution is 2.46. The molecule has 52 heavy (non-hydrogen) atoms. The van der Waals surface area contributed by atoms with Gasteiger partial charge in [0.1, 0.15) is 23.7 Å². The number of alkyl carbamates (subject to hydrolysis) is 1. The van der Waals surface area contributed by atoms with Crippen molar-refractivity contribution < 1.29 is 37.1 Å². The van der Waals surface area contributed by atoms with E-state index in [9.17, 15) is 27.6 Å². The second-order valence-electron chi connectivity index (χ2n) is 16.0. The molecule has 1 aromatic carbocycles. The van der Waals surface area contributed by atoms with Crippen LogP contribution in [-0.4, -0.2) is 108 Å². The number of benzene rings is 1. The number of fused-ring (bicyclic) bond motifs is 3. The fourth-order valence-corrected chi connectivity index (χ4v) is 9.15. The molecule has 1 unspecified atom stereocenters. The van der Waals surface area contributed by atoms with E-state index in [0.29, 0.717) is 31.7 Å². The summed E-state index contributed by atoms with van der Waals surface area (Å²) in [4.78, 5) is 59.6. The van der Waals surface area contributed by atoms with Crippen LogP contribution in [0.4, 0.5) is 4.79 Å². The SMILES string of the molecule is CC(C)(C)COC(=O)N[C@H]1CN(C2CC2)CCC/C=C\C2C[C@@]2(C(=O)NS(=O)(=O)C2CC2)NC(=O)[C@@H]2C[C@@H](Oc3nsc4ccccc34)CN2C1=O. The first-order chi connectivity index (χ1) is 24.7. The lowest BCUT2D eigenvalue weighted by Crippen LogP contribution is -2.59. The molecule has 1 saturated heterocycles. The van der Waals surface area contributed by atoms with Crippen molar-refractivity contribution in [2.75, 3.05) is 26.2 Å². The largest absolute Gasteiger partial charge is 0.471 e. The van der Waals surface area contributed by atoms with Gasteiger partial charge in [-0.25, -0.2) is 13.2 Å². The summed E-state index contributed by atoms with van der Waals surface area (Å²) in [7, 11) is -3.88. The first-order valence-corrected chi connectivity index (χ1v) is 20.6. The van der Waals surface area contributed by atoms with Crippen LogP contribution >= 0.6 is 11.5 Å². The molecular formula is C36H48N6O8S2. The standard InChI is InChI=1S/C36H48N6O8S2/c1-35(2,3)21-49-34(46)37-27-20-41(23-12-13-23)16-8-4-5-9-22-18-36(22,33(45)40-52(47,48)25-14-15-25)38-30(43)28-17-24(19-42(28)32(27)44)50-31-26-10-6-7-11-29(26)51-39-31/h5-7,9-11,22-25,27-28H,4,8,12-21H2,1-3H3,(H,37,46)(H,38,43)(H,40,45)/b9-5-/t22?,24-,27+,28+,36-/m1/s1. The van der Waals surface area contributed by atoms with E-state index in [2.05, 4.69) is 24.6 Å². The number of allylic oxidation sites excluding steroid dienone is 1. The van der Waals surface area contributed by atoms with E-state index < -0.39 is 68.7 Å². The van der Waals surface area contributed by atoms with Gasteiger partial charge in [0, 0.05) is 24.9 Å². The van der Waals surface area contributed by atoms with Gasteiger partial charge in [0.25, 0.3) is 5.91 Å². The molecule has 3 saturated carbocycles. The predicted octanol–water partition coefficient (Wildman–Crippen LogP) is 3.08. The van der Waals surface area contributed by atoms with Gasteiger partial charge in [-0.3, -0.25) is 24.0 Å². The Bertz CT molecular complexity index is 1850. The Morgan fingerprint density at radius 3 is 2.62 bits per heavy atom. The van der Waals surface area contributed by atoms with Gasteiger partial charge in [0.2, 0.25) is 27.7 Å². The predicted molar refractivity (Wildman–Crippen MR) is 194 cm³/mol. The number of ether oxygens (including phenoxy) is 2. The maximum absolute atomic E-state index is 14.7. The summed E-state index contributed by atoms with van der Waals surface area (Å²) in [6, 6.07) is 5.80. The number of nitrogens with zero attached hydrogens (tertiary/aromatic N) is 3. The van der Waals surface area contributed by atoms with Crippen molar-refractivity contribution in [3.05, 3.63) is 36.4 Å². The molecule has 2 aromatic rings. The number of hydrogen-bond acceptors (Lipinski definition) is 11. The van der Waals surface area contributed by atoms with Crippen LogP contribution < -0.4 is 20.1 Å². The highest BCUT2D eigenvalue weighted by Gasteiger charge is 2.62. The lowest BCUT2D eigenvalue weighted by Gasteiger charge is -2.32. The number of rotatable bonds is 8. The lowest BCUT2D eigenvalue weighted by molar-refractivity contribution is -0.141. The van der Waals surface area contributed by atoms with Crippen LogP contribution in [0.1, 0.15) is 72.1 Å². The van der Waals surface area contributed by atoms with Crippen LogP contribution in [0.2, 0.25) is 0 Å². The van der Waals surface area contributed by atoms with Crippen LogP contribution in [0.25, 0.3) is 10.1 Å². The van der Waals surface area contributed by atoms with Gasteiger partial charge < -0.3 is 25.0 Å². The Labute approximate surface area is 308 Å². The number of amides is 4. The van der Waals surface area contributed by atoms with Gasteiger partial charge in [-0.05, 0) is 80.6 Å². The zero-order valence-corrected chi connectivity index (χ0v) is 31.5. The Hall–Kier alpha value is -3.76. The van der Waals surface area contributed by atoms with Crippen LogP contribution in [-0.2, 0) is 29.1 Å². The third-order valence-electron chi connectivity index (χ3n) is 10.3. The van der Waals surface area contributed by atoms with E-state index in [1.807, 2.05) is 57.2 Å². The molecule has 0 radical (unpaired) electrons. The minimum absolute atomic E-state index is 0.0278. The molecule has 2 aliphatic heterocycles. The highest BCUT2D eigenvalue weighted by atomic mass is 32.2. The third-order valence-corrected chi connectivity index (χ3v) is 13.0. The lowest BCUT2D eigenvalue weighted by atomic mass is 9.99. The van der Waals surface area contributed by atoms with E-state index in [4.69, 9.17) is 9.47 Å². The fourth-order valence-electron chi connectivity index (χ4n) is 7.07. The number of sulfonamides is 1. The fraction of sp³-hybridized carbons (Fsp3) is 0.639. The average molecular weight is 757 g/mol. The summed E-state index contributed by atoms with van der Waals surface area (Å²) in [5, 5.41) is 5.92. The molecule has 282 valence electrons. The van der Waals surface area contributed by atoms with E-state index in [-0.39, 0.29) is 44.0 Å². The van der Waals surface area contributed by atoms with Crippen molar-refractivity contribution in [3.63, 3.8) is 0 Å². The Morgan fingerprint density at radius 1 is 1.12 bits per heavy atom. The molecule has 0 spiro atoms. The van der Waals surface area contributed by atoms with Crippen molar-refractivity contribution in [2.24, 2.45) is 11.3 Å². The van der Waals surface area contributed by atoms with Gasteiger partial charge in [-0.15, -0.1) is 0 Å². The molecule has 1 aromatic heterocycles. The maximum atomic E-state index is 14.7. The molecule has 3 aliphatic carbocycles. The number of aromatic nitrogens is 1. The molecule has 4 amide bonds. The third kappa shape index (κ3) is 8.23. The number of carbonyl (C=O) groups is 4. The Kier molecular flexibility index (Phi) is 10.0. The van der Waals surface area contributed by atoms with Crippen LogP contribution in [0, 0.1) is 11.3 Å². The van der Waals surface area contributed by atoms with Crippen molar-refractivity contribution in [1.82, 2.24) is 29.5 Å². The summed E-state index contributed by atoms with van der Waals surface area (Å²) in [5.41, 5.74) is -1.77. The number of carbonyl (C=O) groups excluding carboxylic acids is 4. The van der Waals surface area contributed by atoms with Gasteiger partial charge in [0.05, 0.1) is 28.5 Å². The second-order valence-corrected chi connectivity index (χ2v) is 18.8. The summed E-state index contributed by atoms with van der Waals surface area (Å²) < 4.78 is 45.2. The van der Waals surface area contributed by atoms with Gasteiger partial charge in [-0.1, -0.05) is 45.1 Å². The summed E-state index contributed by atoms with van der Waals surface area (Å²) in [6.07, 6.45) is 7.21. The van der Waals surface area contributed by atoms with E-state index >= 15 is 0 Å². The molecule has 5 aliphatic rings. The second kappa shape index (κ2) is 14.2. The molecule has 5 atom stereocenters. The van der Waals surface area contributed by atoms with Gasteiger partial charge >= 0.3 is 6.09 Å². The molecular weight excluding hydrogens is 709 g/mol. The molecule has 3 heterocycles. The zero-order chi connectivity index (χ0) is 36.8. The summed E-state index contributed by atoms with van der Waals surface area (Å²) >= 11 is 1.29. The Morgan fingerprint density at radius 2 is 1.88 bits per heavy atom. The average Bonchev–Trinajstić information content (AvgIpc) is 4.02. The van der Waals surface area contributed by atoms with Gasteiger partial charge in [-0.2, -0.15) is 4.37 Å². The van der Waals surface area contributed by atoms with Gasteiger partial charge in [0.15, 0.2) is 0 Å². The van der Waals surface area contributed by atoms with E-state index in [1.165, 1.54) is 16.4 Å². The minimum atomic E-state index is -3.88. The van der Waals surface area contributed by atoms with Crippen molar-refractivity contribution in [1.29, 1.82) is 0 Å². The molecule has 3 N–H and O–H groups in total. The zero-order valence-electron chi connectivity index (χ0n) is 29.8. The van der Waals surface area contributed by atoms with Crippen molar-refractivity contribution in [2.45, 2.75) is 107 Å². The minimum Gasteiger partial charge on any atom is -0.471 e. The number of hydrogen-bond donors (Lipinski definition) is 3. The summed E-state index contributed by atoms with van der Waals surface area (Å²) in [6.45, 7) is 6.91. The van der Waals surface area contributed by atoms with Crippen LogP contribution in [0.15, 0.2) is 36.4 Å². The normalized spacial score (nSPS) is 29.6. The first kappa shape index (κ1) is 36.6. The van der Waals surface area contributed by atoms with E-state index in [1.54, 1.807) is 0 Å². The van der Waals surface area contributed by atoms with Crippen LogP contribution in [0.5, 0.6) is 5.88 Å². The molecule has 7 rings (SSSR count). The van der Waals surface area contributed by atoms with Crippen molar-refractivity contribution >= 4 is 55.5 Å². The quantitative estimate of drug-likeness (QED) is 0.340. The molecule has 0 bridgehead atoms. The van der Waals surface area contributed by atoms with E-state index in [0.717, 1.165) is 29.3 Å². The highest BCUT2D eigenvalue weighted by molar-refractivity contribution is 7.91. The monoisotopic (exact) mass is 756 g/mol.